The molecule has 38 heteroatoms. The number of benzene rings is 2. The molecule has 117 heavy (non-hydrogen) atoms. The van der Waals surface area contributed by atoms with Crippen molar-refractivity contribution < 1.29 is 130 Å². The zero-order valence-electron chi connectivity index (χ0n) is 68.1. The summed E-state index contributed by atoms with van der Waals surface area (Å²) in [4.78, 5) is 123. The smallest absolute Gasteiger partial charge is 0.793 e. The van der Waals surface area contributed by atoms with E-state index in [-0.39, 0.29) is 91.6 Å². The molecule has 7 aromatic rings. The number of alkyl halides is 1. The molecule has 4 N–H and O–H groups in total. The van der Waals surface area contributed by atoms with Gasteiger partial charge in [-0.2, -0.15) is 0 Å². The van der Waals surface area contributed by atoms with Crippen molar-refractivity contribution in [3.05, 3.63) is 202 Å². The Balaban J connectivity index is -0.000000618. The van der Waals surface area contributed by atoms with E-state index in [1.54, 1.807) is 118 Å². The van der Waals surface area contributed by atoms with E-state index in [0.717, 1.165) is 102 Å². The number of carboxylic acid groups (broad SMARTS) is 1. The van der Waals surface area contributed by atoms with E-state index in [1.165, 1.54) is 64.6 Å². The van der Waals surface area contributed by atoms with Crippen molar-refractivity contribution in [1.29, 1.82) is 0 Å². The monoisotopic (exact) mass is 2030 g/mol. The number of hydrogen-bond donors (Lipinski definition) is 3. The van der Waals surface area contributed by atoms with Crippen molar-refractivity contribution in [2.75, 3.05) is 96.1 Å². The van der Waals surface area contributed by atoms with E-state index in [4.69, 9.17) is 48.8 Å². The summed E-state index contributed by atoms with van der Waals surface area (Å²) in [5.41, 5.74) is 13.0. The SMILES string of the molecule is C.C1CCOC1.CC(=O)OOC(C)=O.CNOC.COC(CCBr)OC.COC(CCC(=O)c1cc(Br)ccn1)OC.CON(C)C(=O)c1cc(Br)ccn1.COc1ccc([C@@H](C)N)cc1.COc1ccc([C@@H](C)N2CCC[C@H]2c2cc(Br)ccn2)cc1.O=C(O)c1cc(Br)ccn1.O=CCCC(=O)c1cc(Br)ccn1.[B-]OC(C)=O.[Na+]. The standard InChI is InChI=1S/C18H21BrN2O.C11H14BrNO3.C9H8BrNO2.C9H13NO.C8H9BrN2O2.C6H4BrNO2.C5H11BrO2.C4H6O4.C4H8O.C2H3BO2.C2H7NO.CH4.Na/c1-13(14-5-7-16(22-2)8-6-14)21-11-3-4-18(21)17-12-15(19)9-10-20-17;1-15-11(16-2)4-3-10(14)9-7-8(12)5-6-13-9;10-7-3-4-11-8(6-7)9(13)2-1-5-12;1-7(10)8-3-5-9(11-2)6-4-8;1-11(13-2)8(12)7-5-6(9)3-4-10-7;7-4-1-2-8-5(3-4)6(9)10;1-7-5(8-2)3-4-6;1-3(5)7-8-4(2)6;1-2-4-5-3-1;1-2(4)5-3;1-3-4-2;;/h5-10,12-13,18H,3-4,11H2,1-2H3;5-7,11H,3-4H2,1-2H3;3-6H,1-2H2;3-7H,10H2,1-2H3;3-5H,1-2H3;1-3H,(H,9,10);5H,3-4H2,1-2H3;1-2H3;1-4H2;1H3;3H,1-2H3;1H4;/q;;;;;;;;;-1;;;+1/t13-,18+;;;7-;;;;;;;;;/m1..1........./s1. The molecule has 9 rings (SSSR count). The van der Waals surface area contributed by atoms with E-state index < -0.39 is 23.9 Å². The van der Waals surface area contributed by atoms with Crippen LogP contribution in [0.5, 0.6) is 11.5 Å². The summed E-state index contributed by atoms with van der Waals surface area (Å²) in [6.45, 7) is 10.9. The number of carboxylic acids is 1. The van der Waals surface area contributed by atoms with Crippen LogP contribution >= 0.6 is 95.6 Å². The Kier molecular flexibility index (Phi) is 73.6. The fourth-order valence-corrected chi connectivity index (χ4v) is 10.7. The maximum atomic E-state index is 11.7. The molecule has 0 spiro atoms. The van der Waals surface area contributed by atoms with Crippen LogP contribution in [-0.2, 0) is 67.0 Å². The van der Waals surface area contributed by atoms with Crippen LogP contribution < -0.4 is 50.2 Å². The van der Waals surface area contributed by atoms with Gasteiger partial charge < -0.3 is 66.3 Å². The molecule has 30 nitrogen and oxygen atoms in total. The van der Waals surface area contributed by atoms with Crippen molar-refractivity contribution in [3.63, 3.8) is 0 Å². The first kappa shape index (κ1) is 117. The minimum atomic E-state index is -1.01. The number of carbonyl (C=O) groups is 8. The molecule has 2 aliphatic rings. The van der Waals surface area contributed by atoms with Gasteiger partial charge >= 0.3 is 47.5 Å². The summed E-state index contributed by atoms with van der Waals surface area (Å²) >= 11 is 19.7. The van der Waals surface area contributed by atoms with Crippen molar-refractivity contribution in [1.82, 2.24) is 40.4 Å². The topological polar surface area (TPSA) is 377 Å². The van der Waals surface area contributed by atoms with Crippen LogP contribution in [0.3, 0.4) is 0 Å². The average molecular weight is 2030 g/mol. The summed E-state index contributed by atoms with van der Waals surface area (Å²) in [5.74, 6) is -1.37. The molecule has 0 aliphatic carbocycles. The van der Waals surface area contributed by atoms with Crippen LogP contribution in [0, 0.1) is 0 Å². The number of carbonyl (C=O) groups excluding carboxylic acids is 7. The number of halogens is 6. The summed E-state index contributed by atoms with van der Waals surface area (Å²) in [6, 6.07) is 34.6. The third-order valence-corrected chi connectivity index (χ3v) is 17.5. The number of likely N-dealkylation sites (tertiary alicyclic amines) is 1. The number of hydrogen-bond acceptors (Lipinski definition) is 28. The molecule has 1 amide bonds. The average Bonchev–Trinajstić information content (AvgIpc) is 1.70. The second-order valence-electron chi connectivity index (χ2n) is 22.9. The van der Waals surface area contributed by atoms with Gasteiger partial charge in [0.15, 0.2) is 24.1 Å². The zero-order chi connectivity index (χ0) is 87.1. The van der Waals surface area contributed by atoms with E-state index in [1.807, 2.05) is 55.6 Å². The Labute approximate surface area is 761 Å². The van der Waals surface area contributed by atoms with Gasteiger partial charge in [-0.15, -0.1) is 0 Å². The van der Waals surface area contributed by atoms with Crippen LogP contribution in [0.1, 0.15) is 177 Å². The summed E-state index contributed by atoms with van der Waals surface area (Å²) in [6.07, 6.45) is 15.6. The number of amides is 1. The summed E-state index contributed by atoms with van der Waals surface area (Å²) in [7, 11) is 20.3. The number of nitrogens with one attached hydrogen (secondary N) is 1. The fraction of sp³-hybridized carbons (Fsp3) is 0.430. The second-order valence-corrected chi connectivity index (χ2v) is 28.3. The Morgan fingerprint density at radius 3 is 1.31 bits per heavy atom. The predicted molar refractivity (Wildman–Crippen MR) is 463 cm³/mol. The minimum Gasteiger partial charge on any atom is -0.793 e. The first-order valence-electron chi connectivity index (χ1n) is 34.9. The molecule has 3 atom stereocenters. The quantitative estimate of drug-likeness (QED) is 0.00962. The van der Waals surface area contributed by atoms with Gasteiger partial charge in [-0.1, -0.05) is 127 Å². The first-order chi connectivity index (χ1) is 54.8. The first-order valence-corrected chi connectivity index (χ1v) is 40.0. The molecule has 2 fully saturated rings. The minimum absolute atomic E-state index is 0. The van der Waals surface area contributed by atoms with Crippen molar-refractivity contribution in [3.8, 4) is 11.5 Å². The summed E-state index contributed by atoms with van der Waals surface area (Å²) in [5, 5.41) is 10.5. The molecule has 0 bridgehead atoms. The second kappa shape index (κ2) is 73.6. The number of rotatable bonds is 24. The molecule has 3 radical (unpaired) electrons. The van der Waals surface area contributed by atoms with E-state index in [2.05, 4.69) is 183 Å². The Morgan fingerprint density at radius 2 is 0.983 bits per heavy atom. The Bertz CT molecular complexity index is 3830. The molecule has 2 aliphatic heterocycles. The molecular formula is C79H108BBr6N9NaO21. The van der Waals surface area contributed by atoms with Crippen LogP contribution in [-0.4, -0.2) is 204 Å². The molecule has 0 unspecified atom stereocenters. The van der Waals surface area contributed by atoms with E-state index in [9.17, 15) is 38.4 Å². The number of methoxy groups -OCH3 is 6. The molecule has 641 valence electrons. The molecule has 2 aromatic carbocycles. The fourth-order valence-electron chi connectivity index (χ4n) is 8.63. The third-order valence-electron chi connectivity index (χ3n) is 14.5. The van der Waals surface area contributed by atoms with Gasteiger partial charge in [-0.25, -0.2) is 39.7 Å². The summed E-state index contributed by atoms with van der Waals surface area (Å²) < 4.78 is 42.9. The van der Waals surface area contributed by atoms with Gasteiger partial charge in [0, 0.05) is 179 Å². The van der Waals surface area contributed by atoms with Crippen LogP contribution in [0.15, 0.2) is 163 Å². The normalized spacial score (nSPS) is 12.2. The number of nitrogens with two attached hydrogens (primary N) is 1. The molecule has 2 saturated heterocycles. The molecule has 5 aromatic heterocycles. The maximum Gasteiger partial charge on any atom is 1.00 e. The van der Waals surface area contributed by atoms with Gasteiger partial charge in [-0.05, 0) is 142 Å². The number of aromatic carboxylic acids is 1. The number of nitrogens with zero attached hydrogens (tertiary/aromatic N) is 7. The van der Waals surface area contributed by atoms with Crippen molar-refractivity contribution >= 4 is 151 Å². The Morgan fingerprint density at radius 1 is 0.598 bits per heavy atom. The number of ether oxygens (including phenoxy) is 7. The number of aromatic nitrogens is 5. The van der Waals surface area contributed by atoms with E-state index in [0.29, 0.717) is 42.0 Å². The Hall–Kier alpha value is -6.31. The van der Waals surface area contributed by atoms with Gasteiger partial charge in [0.05, 0.1) is 40.2 Å². The van der Waals surface area contributed by atoms with Crippen molar-refractivity contribution in [2.24, 2.45) is 5.73 Å². The van der Waals surface area contributed by atoms with Crippen LogP contribution in [0.2, 0.25) is 0 Å². The number of ketones is 2. The third kappa shape index (κ3) is 57.5. The maximum absolute atomic E-state index is 11.7. The van der Waals surface area contributed by atoms with Crippen LogP contribution in [0.25, 0.3) is 0 Å². The van der Waals surface area contributed by atoms with Gasteiger partial charge in [0.1, 0.15) is 40.6 Å². The molecular weight excluding hydrogens is 1920 g/mol. The molecule has 0 saturated carbocycles. The predicted octanol–water partition coefficient (Wildman–Crippen LogP) is 13.2. The van der Waals surface area contributed by atoms with Crippen molar-refractivity contribution in [2.45, 2.75) is 131 Å². The largest absolute Gasteiger partial charge is 1.00 e. The van der Waals surface area contributed by atoms with Gasteiger partial charge in [0.2, 0.25) is 5.97 Å². The van der Waals surface area contributed by atoms with E-state index >= 15 is 0 Å². The van der Waals surface area contributed by atoms with Gasteiger partial charge in [0.25, 0.3) is 5.91 Å². The zero-order valence-corrected chi connectivity index (χ0v) is 79.6. The number of Topliss-reactive ketones (excluding diaryl/α,β-unsaturated/α-hetero) is 2. The van der Waals surface area contributed by atoms with Gasteiger partial charge in [-0.3, -0.25) is 48.9 Å². The van der Waals surface area contributed by atoms with Crippen LogP contribution in [0.4, 0.5) is 0 Å². The number of hydroxylamine groups is 3. The number of aldehydes is 1. The molecule has 7 heterocycles. The number of pyridine rings is 5.